The SMILES string of the molecule is CCOC(=O)CC1CCN(c2ccc(Cl)nc2)CC1.COC(=O)CC1CCCCC1.Clc1ccc(Br)cn1. The van der Waals surface area contributed by atoms with Crippen molar-refractivity contribution in [2.75, 3.05) is 31.7 Å². The van der Waals surface area contributed by atoms with Crippen LogP contribution in [0.3, 0.4) is 0 Å². The molecule has 1 saturated heterocycles. The molecule has 0 radical (unpaired) electrons. The van der Waals surface area contributed by atoms with E-state index < -0.39 is 0 Å². The fourth-order valence-electron chi connectivity index (χ4n) is 4.47. The second-order valence-electron chi connectivity index (χ2n) is 9.36. The van der Waals surface area contributed by atoms with Gasteiger partial charge in [0.2, 0.25) is 0 Å². The number of halogens is 3. The van der Waals surface area contributed by atoms with E-state index in [-0.39, 0.29) is 11.9 Å². The summed E-state index contributed by atoms with van der Waals surface area (Å²) in [5.74, 6) is 0.928. The summed E-state index contributed by atoms with van der Waals surface area (Å²) < 4.78 is 10.6. The zero-order chi connectivity index (χ0) is 27.8. The Labute approximate surface area is 244 Å². The first-order valence-electron chi connectivity index (χ1n) is 13.2. The Bertz CT molecular complexity index is 929. The van der Waals surface area contributed by atoms with E-state index in [9.17, 15) is 9.59 Å². The summed E-state index contributed by atoms with van der Waals surface area (Å²) in [7, 11) is 1.46. The number of hydrogen-bond donors (Lipinski definition) is 0. The number of rotatable bonds is 6. The molecule has 2 aromatic rings. The molecule has 4 rings (SSSR count). The minimum atomic E-state index is -0.0749. The summed E-state index contributed by atoms with van der Waals surface area (Å²) in [6.45, 7) is 4.21. The van der Waals surface area contributed by atoms with Crippen LogP contribution in [0.2, 0.25) is 10.3 Å². The average Bonchev–Trinajstić information content (AvgIpc) is 2.93. The van der Waals surface area contributed by atoms with Crippen LogP contribution in [-0.4, -0.2) is 48.7 Å². The van der Waals surface area contributed by atoms with Gasteiger partial charge in [-0.15, -0.1) is 0 Å². The highest BCUT2D eigenvalue weighted by molar-refractivity contribution is 9.10. The molecule has 1 saturated carbocycles. The minimum Gasteiger partial charge on any atom is -0.469 e. The van der Waals surface area contributed by atoms with Crippen molar-refractivity contribution >= 4 is 56.8 Å². The number of nitrogens with zero attached hydrogens (tertiary/aromatic N) is 3. The molecule has 1 aliphatic heterocycles. The van der Waals surface area contributed by atoms with Crippen LogP contribution in [0.15, 0.2) is 41.1 Å². The number of aromatic nitrogens is 2. The molecule has 0 aromatic carbocycles. The van der Waals surface area contributed by atoms with Crippen LogP contribution in [0.1, 0.15) is 64.7 Å². The number of anilines is 1. The fourth-order valence-corrected chi connectivity index (χ4v) is 4.93. The van der Waals surface area contributed by atoms with Crippen molar-refractivity contribution < 1.29 is 19.1 Å². The van der Waals surface area contributed by atoms with Gasteiger partial charge in [-0.2, -0.15) is 0 Å². The molecule has 2 aliphatic rings. The number of esters is 2. The van der Waals surface area contributed by atoms with Crippen LogP contribution < -0.4 is 4.90 Å². The smallest absolute Gasteiger partial charge is 0.306 e. The maximum absolute atomic E-state index is 11.4. The number of carbonyl (C=O) groups is 2. The molecule has 0 unspecified atom stereocenters. The Morgan fingerprint density at radius 2 is 1.47 bits per heavy atom. The molecule has 0 N–H and O–H groups in total. The lowest BCUT2D eigenvalue weighted by Gasteiger charge is -2.33. The lowest BCUT2D eigenvalue weighted by atomic mass is 9.87. The topological polar surface area (TPSA) is 81.6 Å². The van der Waals surface area contributed by atoms with Crippen LogP contribution in [-0.2, 0) is 19.1 Å². The first kappa shape index (κ1) is 32.3. The summed E-state index contributed by atoms with van der Waals surface area (Å²) in [6.07, 6.45) is 13.0. The molecule has 0 atom stereocenters. The van der Waals surface area contributed by atoms with Gasteiger partial charge in [0, 0.05) is 36.6 Å². The number of carbonyl (C=O) groups excluding carboxylic acids is 2. The number of ether oxygens (including phenoxy) is 2. The molecular formula is C28H38BrCl2N3O4. The van der Waals surface area contributed by atoms with Crippen LogP contribution >= 0.6 is 39.1 Å². The van der Waals surface area contributed by atoms with E-state index in [1.54, 1.807) is 18.5 Å². The third-order valence-electron chi connectivity index (χ3n) is 6.55. The molecule has 0 bridgehead atoms. The molecule has 0 amide bonds. The van der Waals surface area contributed by atoms with Crippen LogP contribution in [0.5, 0.6) is 0 Å². The van der Waals surface area contributed by atoms with Crippen molar-refractivity contribution in [3.05, 3.63) is 51.4 Å². The molecule has 38 heavy (non-hydrogen) atoms. The zero-order valence-electron chi connectivity index (χ0n) is 22.2. The highest BCUT2D eigenvalue weighted by atomic mass is 79.9. The largest absolute Gasteiger partial charge is 0.469 e. The van der Waals surface area contributed by atoms with Gasteiger partial charge in [0.05, 0.1) is 25.6 Å². The van der Waals surface area contributed by atoms with Crippen molar-refractivity contribution in [3.8, 4) is 0 Å². The lowest BCUT2D eigenvalue weighted by molar-refractivity contribution is -0.144. The normalized spacial score (nSPS) is 15.9. The summed E-state index contributed by atoms with van der Waals surface area (Å²) in [5.41, 5.74) is 1.10. The van der Waals surface area contributed by atoms with Gasteiger partial charge in [0.25, 0.3) is 0 Å². The van der Waals surface area contributed by atoms with Gasteiger partial charge in [0.1, 0.15) is 10.3 Å². The Morgan fingerprint density at radius 1 is 0.895 bits per heavy atom. The standard InChI is InChI=1S/C14H19ClN2O2.C9H16O2.C5H3BrClN/c1-2-19-14(18)9-11-5-7-17(8-6-11)12-3-4-13(15)16-10-12;1-11-9(10)7-8-5-3-2-4-6-8;6-4-1-2-5(7)8-3-4/h3-4,10-11H,2,5-9H2,1H3;8H,2-7H2,1H3;1-3H. The Balaban J connectivity index is 0.000000224. The molecule has 2 fully saturated rings. The quantitative estimate of drug-likeness (QED) is 0.241. The van der Waals surface area contributed by atoms with Crippen molar-refractivity contribution in [2.24, 2.45) is 11.8 Å². The second kappa shape index (κ2) is 18.4. The maximum Gasteiger partial charge on any atom is 0.306 e. The van der Waals surface area contributed by atoms with E-state index >= 15 is 0 Å². The molecule has 2 aromatic heterocycles. The van der Waals surface area contributed by atoms with Gasteiger partial charge >= 0.3 is 11.9 Å². The Morgan fingerprint density at radius 3 is 1.97 bits per heavy atom. The first-order valence-corrected chi connectivity index (χ1v) is 14.7. The monoisotopic (exact) mass is 629 g/mol. The molecular weight excluding hydrogens is 593 g/mol. The predicted octanol–water partition coefficient (Wildman–Crippen LogP) is 7.53. The fraction of sp³-hybridized carbons (Fsp3) is 0.571. The highest BCUT2D eigenvalue weighted by Gasteiger charge is 2.22. The van der Waals surface area contributed by atoms with Crippen LogP contribution in [0.25, 0.3) is 0 Å². The van der Waals surface area contributed by atoms with Crippen molar-refractivity contribution in [1.82, 2.24) is 9.97 Å². The van der Waals surface area contributed by atoms with Gasteiger partial charge in [-0.05, 0) is 84.6 Å². The van der Waals surface area contributed by atoms with E-state index in [2.05, 4.69) is 35.5 Å². The zero-order valence-corrected chi connectivity index (χ0v) is 25.3. The predicted molar refractivity (Wildman–Crippen MR) is 156 cm³/mol. The number of methoxy groups -OCH3 is 1. The molecule has 0 spiro atoms. The van der Waals surface area contributed by atoms with E-state index in [1.165, 1.54) is 39.2 Å². The number of hydrogen-bond acceptors (Lipinski definition) is 7. The van der Waals surface area contributed by atoms with E-state index in [1.807, 2.05) is 25.1 Å². The lowest BCUT2D eigenvalue weighted by Crippen LogP contribution is -2.34. The molecule has 7 nitrogen and oxygen atoms in total. The molecule has 1 aliphatic carbocycles. The van der Waals surface area contributed by atoms with Crippen molar-refractivity contribution in [1.29, 1.82) is 0 Å². The van der Waals surface area contributed by atoms with Gasteiger partial charge in [-0.25, -0.2) is 9.97 Å². The molecule has 10 heteroatoms. The highest BCUT2D eigenvalue weighted by Crippen LogP contribution is 2.27. The number of piperidine rings is 1. The first-order chi connectivity index (χ1) is 18.3. The maximum atomic E-state index is 11.4. The van der Waals surface area contributed by atoms with E-state index in [0.717, 1.165) is 36.1 Å². The van der Waals surface area contributed by atoms with Crippen LogP contribution in [0.4, 0.5) is 5.69 Å². The van der Waals surface area contributed by atoms with Gasteiger partial charge in [0.15, 0.2) is 0 Å². The molecule has 3 heterocycles. The third kappa shape index (κ3) is 13.3. The average molecular weight is 631 g/mol. The number of pyridine rings is 2. The Kier molecular flexibility index (Phi) is 15.6. The summed E-state index contributed by atoms with van der Waals surface area (Å²) in [6, 6.07) is 7.36. The summed E-state index contributed by atoms with van der Waals surface area (Å²) in [5, 5.41) is 1.04. The van der Waals surface area contributed by atoms with Gasteiger partial charge in [-0.3, -0.25) is 9.59 Å². The van der Waals surface area contributed by atoms with Crippen molar-refractivity contribution in [2.45, 2.75) is 64.7 Å². The molecule has 210 valence electrons. The summed E-state index contributed by atoms with van der Waals surface area (Å²) >= 11 is 14.5. The third-order valence-corrected chi connectivity index (χ3v) is 7.47. The Hall–Kier alpha value is -1.90. The van der Waals surface area contributed by atoms with Gasteiger partial charge in [-0.1, -0.05) is 42.5 Å². The van der Waals surface area contributed by atoms with E-state index in [4.69, 9.17) is 27.9 Å². The van der Waals surface area contributed by atoms with Crippen molar-refractivity contribution in [3.63, 3.8) is 0 Å². The summed E-state index contributed by atoms with van der Waals surface area (Å²) in [4.78, 5) is 32.5. The van der Waals surface area contributed by atoms with Gasteiger partial charge < -0.3 is 14.4 Å². The second-order valence-corrected chi connectivity index (χ2v) is 11.1. The van der Waals surface area contributed by atoms with E-state index in [0.29, 0.717) is 41.6 Å². The minimum absolute atomic E-state index is 0.0445. The van der Waals surface area contributed by atoms with Crippen LogP contribution in [0, 0.1) is 11.8 Å².